The number of hydrogen-bond acceptors (Lipinski definition) is 4. The molecule has 1 heterocycles. The van der Waals surface area contributed by atoms with Crippen molar-refractivity contribution in [1.82, 2.24) is 0 Å². The van der Waals surface area contributed by atoms with Gasteiger partial charge >= 0.3 is 0 Å². The Kier molecular flexibility index (Phi) is 3.95. The molecule has 0 radical (unpaired) electrons. The van der Waals surface area contributed by atoms with Gasteiger partial charge in [-0.05, 0) is 68.7 Å². The van der Waals surface area contributed by atoms with Gasteiger partial charge in [-0.1, -0.05) is 17.7 Å². The van der Waals surface area contributed by atoms with E-state index in [0.717, 1.165) is 30.5 Å². The summed E-state index contributed by atoms with van der Waals surface area (Å²) in [6.07, 6.45) is 2.47. The molecular weight excluding hydrogens is 356 g/mol. The Balaban J connectivity index is 1.81. The topological polar surface area (TPSA) is 71.1 Å². The third kappa shape index (κ3) is 2.42. The van der Waals surface area contributed by atoms with Gasteiger partial charge in [-0.15, -0.1) is 0 Å². The minimum atomic E-state index is -0.646. The van der Waals surface area contributed by atoms with E-state index in [9.17, 15) is 10.1 Å². The molecule has 1 saturated carbocycles. The second-order valence-corrected chi connectivity index (χ2v) is 7.30. The molecule has 0 unspecified atom stereocenters. The lowest BCUT2D eigenvalue weighted by Crippen LogP contribution is -2.55. The van der Waals surface area contributed by atoms with Crippen LogP contribution in [-0.2, 0) is 4.79 Å². The molecule has 1 spiro atoms. The normalized spacial score (nSPS) is 17.6. The van der Waals surface area contributed by atoms with Gasteiger partial charge in [-0.25, -0.2) is 0 Å². The van der Waals surface area contributed by atoms with Crippen molar-refractivity contribution in [3.8, 4) is 12.1 Å². The number of benzene rings is 2. The zero-order chi connectivity index (χ0) is 19.2. The van der Waals surface area contributed by atoms with E-state index >= 15 is 0 Å². The summed E-state index contributed by atoms with van der Waals surface area (Å²) in [5.41, 5.74) is 2.44. The van der Waals surface area contributed by atoms with Gasteiger partial charge in [-0.3, -0.25) is 9.69 Å². The Hall–Kier alpha value is -3.22. The first-order chi connectivity index (χ1) is 13.0. The standard InChI is InChI=1S/C21H16N4OS/c1-14-3-6-17(7-4-14)25-20(27)24(19(26)21(25)9-2-10-21)18-8-5-15(12-22)16(11-18)13-23/h3-8,11H,2,9-10H2,1H3. The number of rotatable bonds is 2. The molecule has 27 heavy (non-hydrogen) atoms. The Morgan fingerprint density at radius 3 is 2.19 bits per heavy atom. The molecule has 5 nitrogen and oxygen atoms in total. The lowest BCUT2D eigenvalue weighted by atomic mass is 9.75. The van der Waals surface area contributed by atoms with Crippen molar-refractivity contribution in [3.63, 3.8) is 0 Å². The highest BCUT2D eigenvalue weighted by molar-refractivity contribution is 7.81. The maximum Gasteiger partial charge on any atom is 0.259 e. The number of amides is 1. The first-order valence-electron chi connectivity index (χ1n) is 8.71. The van der Waals surface area contributed by atoms with E-state index < -0.39 is 5.54 Å². The van der Waals surface area contributed by atoms with Crippen LogP contribution in [-0.4, -0.2) is 16.6 Å². The third-order valence-electron chi connectivity index (χ3n) is 5.39. The molecule has 0 bridgehead atoms. The highest BCUT2D eigenvalue weighted by Crippen LogP contribution is 2.47. The molecule has 2 aliphatic rings. The predicted octanol–water partition coefficient (Wildman–Crippen LogP) is 3.80. The molecule has 1 aliphatic carbocycles. The van der Waals surface area contributed by atoms with E-state index in [0.29, 0.717) is 10.8 Å². The van der Waals surface area contributed by atoms with Crippen molar-refractivity contribution in [1.29, 1.82) is 10.5 Å². The van der Waals surface area contributed by atoms with Crippen LogP contribution in [0.2, 0.25) is 0 Å². The molecule has 4 rings (SSSR count). The number of anilines is 2. The van der Waals surface area contributed by atoms with E-state index in [2.05, 4.69) is 0 Å². The van der Waals surface area contributed by atoms with Crippen LogP contribution < -0.4 is 9.80 Å². The van der Waals surface area contributed by atoms with Gasteiger partial charge in [0.05, 0.1) is 16.8 Å². The minimum absolute atomic E-state index is 0.0621. The zero-order valence-corrected chi connectivity index (χ0v) is 15.6. The minimum Gasteiger partial charge on any atom is -0.303 e. The van der Waals surface area contributed by atoms with Crippen LogP contribution in [0.15, 0.2) is 42.5 Å². The van der Waals surface area contributed by atoms with Crippen LogP contribution in [0, 0.1) is 29.6 Å². The lowest BCUT2D eigenvalue weighted by Gasteiger charge is -2.43. The predicted molar refractivity (Wildman–Crippen MR) is 106 cm³/mol. The maximum atomic E-state index is 13.4. The number of carbonyl (C=O) groups is 1. The summed E-state index contributed by atoms with van der Waals surface area (Å²) in [5.74, 6) is -0.0621. The zero-order valence-electron chi connectivity index (χ0n) is 14.8. The molecule has 132 valence electrons. The van der Waals surface area contributed by atoms with Crippen LogP contribution in [0.25, 0.3) is 0 Å². The van der Waals surface area contributed by atoms with Crippen molar-refractivity contribution in [2.24, 2.45) is 0 Å². The summed E-state index contributed by atoms with van der Waals surface area (Å²) in [6.45, 7) is 2.02. The van der Waals surface area contributed by atoms with E-state index in [1.165, 1.54) is 4.90 Å². The summed E-state index contributed by atoms with van der Waals surface area (Å²) >= 11 is 5.71. The molecule has 0 atom stereocenters. The maximum absolute atomic E-state index is 13.4. The van der Waals surface area contributed by atoms with E-state index in [-0.39, 0.29) is 17.0 Å². The summed E-state index contributed by atoms with van der Waals surface area (Å²) in [4.78, 5) is 16.8. The van der Waals surface area contributed by atoms with Gasteiger partial charge < -0.3 is 4.90 Å². The van der Waals surface area contributed by atoms with Crippen molar-refractivity contribution in [3.05, 3.63) is 59.2 Å². The molecule has 2 fully saturated rings. The summed E-state index contributed by atoms with van der Waals surface area (Å²) in [7, 11) is 0. The molecule has 6 heteroatoms. The fourth-order valence-electron chi connectivity index (χ4n) is 3.76. The molecule has 0 N–H and O–H groups in total. The van der Waals surface area contributed by atoms with Gasteiger partial charge in [0.1, 0.15) is 17.7 Å². The van der Waals surface area contributed by atoms with Crippen LogP contribution in [0.4, 0.5) is 11.4 Å². The number of nitrogens with zero attached hydrogens (tertiary/aromatic N) is 4. The van der Waals surface area contributed by atoms with E-state index in [1.54, 1.807) is 18.2 Å². The summed E-state index contributed by atoms with van der Waals surface area (Å²) in [6, 6.07) is 16.8. The fourth-order valence-corrected chi connectivity index (χ4v) is 4.23. The average Bonchev–Trinajstić information content (AvgIpc) is 2.89. The Morgan fingerprint density at radius 1 is 1.00 bits per heavy atom. The third-order valence-corrected chi connectivity index (χ3v) is 5.75. The van der Waals surface area contributed by atoms with Crippen molar-refractivity contribution < 1.29 is 4.79 Å². The molecule has 2 aromatic rings. The number of aryl methyl sites for hydroxylation is 1. The molecular formula is C21H16N4OS. The number of carbonyl (C=O) groups excluding carboxylic acids is 1. The second kappa shape index (κ2) is 6.19. The average molecular weight is 372 g/mol. The van der Waals surface area contributed by atoms with Crippen LogP contribution >= 0.6 is 12.2 Å². The van der Waals surface area contributed by atoms with Gasteiger partial charge in [0.2, 0.25) is 0 Å². The molecule has 0 aromatic heterocycles. The molecule has 1 amide bonds. The fraction of sp³-hybridized carbons (Fsp3) is 0.238. The van der Waals surface area contributed by atoms with Crippen LogP contribution in [0.1, 0.15) is 36.0 Å². The van der Waals surface area contributed by atoms with Crippen molar-refractivity contribution in [2.75, 3.05) is 9.80 Å². The van der Waals surface area contributed by atoms with Crippen LogP contribution in [0.3, 0.4) is 0 Å². The largest absolute Gasteiger partial charge is 0.303 e. The van der Waals surface area contributed by atoms with Crippen LogP contribution in [0.5, 0.6) is 0 Å². The Morgan fingerprint density at radius 2 is 1.63 bits per heavy atom. The quantitative estimate of drug-likeness (QED) is 0.750. The number of thiocarbonyl (C=S) groups is 1. The van der Waals surface area contributed by atoms with Gasteiger partial charge in [-0.2, -0.15) is 10.5 Å². The second-order valence-electron chi connectivity index (χ2n) is 6.93. The number of nitriles is 2. The smallest absolute Gasteiger partial charge is 0.259 e. The first kappa shape index (κ1) is 17.2. The monoisotopic (exact) mass is 372 g/mol. The first-order valence-corrected chi connectivity index (χ1v) is 9.12. The Bertz CT molecular complexity index is 1040. The van der Waals surface area contributed by atoms with E-state index in [1.807, 2.05) is 48.2 Å². The number of hydrogen-bond donors (Lipinski definition) is 0. The summed E-state index contributed by atoms with van der Waals surface area (Å²) < 4.78 is 0. The van der Waals surface area contributed by atoms with Gasteiger partial charge in [0.25, 0.3) is 5.91 Å². The van der Waals surface area contributed by atoms with Gasteiger partial charge in [0.15, 0.2) is 5.11 Å². The highest BCUT2D eigenvalue weighted by Gasteiger charge is 2.59. The SMILES string of the molecule is Cc1ccc(N2C(=S)N(c3ccc(C#N)c(C#N)c3)C(=O)C23CCC3)cc1. The van der Waals surface area contributed by atoms with Crippen molar-refractivity contribution in [2.45, 2.75) is 31.7 Å². The molecule has 1 aliphatic heterocycles. The van der Waals surface area contributed by atoms with E-state index in [4.69, 9.17) is 17.5 Å². The molecule has 1 saturated heterocycles. The van der Waals surface area contributed by atoms with Crippen molar-refractivity contribution >= 4 is 34.6 Å². The highest BCUT2D eigenvalue weighted by atomic mass is 32.1. The Labute approximate surface area is 163 Å². The summed E-state index contributed by atoms with van der Waals surface area (Å²) in [5, 5.41) is 18.9. The lowest BCUT2D eigenvalue weighted by molar-refractivity contribution is -0.123. The van der Waals surface area contributed by atoms with Gasteiger partial charge in [0, 0.05) is 5.69 Å². The molecule has 2 aromatic carbocycles.